The van der Waals surface area contributed by atoms with Crippen LogP contribution in [0.1, 0.15) is 18.7 Å². The summed E-state index contributed by atoms with van der Waals surface area (Å²) in [6.45, 7) is 1.26. The third kappa shape index (κ3) is 4.37. The van der Waals surface area contributed by atoms with Crippen molar-refractivity contribution in [3.63, 3.8) is 0 Å². The van der Waals surface area contributed by atoms with Crippen molar-refractivity contribution in [2.24, 2.45) is 0 Å². The molecule has 1 aromatic heterocycles. The number of benzene rings is 1. The van der Waals surface area contributed by atoms with E-state index in [1.807, 2.05) is 24.3 Å². The fraction of sp³-hybridized carbons (Fsp3) is 0.353. The van der Waals surface area contributed by atoms with E-state index in [0.29, 0.717) is 24.7 Å². The lowest BCUT2D eigenvalue weighted by molar-refractivity contribution is -0.138. The Labute approximate surface area is 149 Å². The molecule has 1 aliphatic heterocycles. The molecular weight excluding hydrogens is 346 g/mol. The quantitative estimate of drug-likeness (QED) is 0.819. The highest BCUT2D eigenvalue weighted by atomic mass is 35.5. The fourth-order valence-corrected chi connectivity index (χ4v) is 2.82. The lowest BCUT2D eigenvalue weighted by atomic mass is 10.1. The minimum absolute atomic E-state index is 0.0333. The Morgan fingerprint density at radius 1 is 1.32 bits per heavy atom. The van der Waals surface area contributed by atoms with Crippen molar-refractivity contribution >= 4 is 23.5 Å². The van der Waals surface area contributed by atoms with Gasteiger partial charge in [0, 0.05) is 18.0 Å². The Morgan fingerprint density at radius 2 is 2.08 bits per heavy atom. The van der Waals surface area contributed by atoms with Gasteiger partial charge in [-0.3, -0.25) is 9.59 Å². The number of hydrogen-bond acceptors (Lipinski definition) is 4. The molecule has 2 aromatic rings. The predicted octanol–water partition coefficient (Wildman–Crippen LogP) is 2.08. The van der Waals surface area contributed by atoms with Crippen LogP contribution in [-0.2, 0) is 27.5 Å². The van der Waals surface area contributed by atoms with E-state index in [2.05, 4.69) is 14.9 Å². The number of amides is 1. The van der Waals surface area contributed by atoms with Gasteiger partial charge in [0.1, 0.15) is 12.4 Å². The van der Waals surface area contributed by atoms with Crippen LogP contribution in [0, 0.1) is 0 Å². The molecule has 1 amide bonds. The minimum atomic E-state index is -0.986. The van der Waals surface area contributed by atoms with Crippen LogP contribution in [0.25, 0.3) is 11.3 Å². The van der Waals surface area contributed by atoms with Gasteiger partial charge < -0.3 is 19.7 Å². The van der Waals surface area contributed by atoms with Crippen LogP contribution in [0.2, 0.25) is 5.02 Å². The monoisotopic (exact) mass is 363 g/mol. The first kappa shape index (κ1) is 17.4. The molecule has 0 unspecified atom stereocenters. The molecule has 0 saturated heterocycles. The number of fused-ring (bicyclic) bond motifs is 1. The number of carbonyl (C=O) groups is 2. The van der Waals surface area contributed by atoms with Gasteiger partial charge in [0.2, 0.25) is 5.91 Å². The Morgan fingerprint density at radius 3 is 2.80 bits per heavy atom. The smallest absolute Gasteiger partial charge is 0.303 e. The van der Waals surface area contributed by atoms with Gasteiger partial charge in [-0.2, -0.15) is 0 Å². The first-order valence-electron chi connectivity index (χ1n) is 7.93. The summed E-state index contributed by atoms with van der Waals surface area (Å²) in [5.74, 6) is -0.446. The van der Waals surface area contributed by atoms with Gasteiger partial charge in [0.05, 0.1) is 31.0 Å². The second kappa shape index (κ2) is 7.67. The highest BCUT2D eigenvalue weighted by Gasteiger charge is 2.23. The molecule has 1 atom stereocenters. The first-order valence-corrected chi connectivity index (χ1v) is 8.31. The number of carboxylic acids is 1. The SMILES string of the molecule is O=C(O)CCC(=O)NC[C@H]1Cn2c(-c3ccc(Cl)cc3)cnc2CO1. The van der Waals surface area contributed by atoms with Gasteiger partial charge in [0.15, 0.2) is 0 Å². The summed E-state index contributed by atoms with van der Waals surface area (Å²) >= 11 is 5.94. The van der Waals surface area contributed by atoms with Crippen molar-refractivity contribution in [2.45, 2.75) is 32.1 Å². The lowest BCUT2D eigenvalue weighted by Gasteiger charge is -2.26. The second-order valence-electron chi connectivity index (χ2n) is 5.81. The number of nitrogens with zero attached hydrogens (tertiary/aromatic N) is 2. The highest BCUT2D eigenvalue weighted by Crippen LogP contribution is 2.25. The molecule has 0 radical (unpaired) electrons. The Balaban J connectivity index is 1.63. The molecule has 0 saturated carbocycles. The van der Waals surface area contributed by atoms with Crippen molar-refractivity contribution < 1.29 is 19.4 Å². The standard InChI is InChI=1S/C17H18ClN3O4/c18-12-3-1-11(2-4-12)14-8-19-15-10-25-13(9-21(14)15)7-20-16(22)5-6-17(23)24/h1-4,8,13H,5-7,9-10H2,(H,20,22)(H,23,24)/t13-/m0/s1. The number of ether oxygens (including phenoxy) is 1. The molecule has 132 valence electrons. The molecule has 0 aliphatic carbocycles. The van der Waals surface area contributed by atoms with E-state index in [1.54, 1.807) is 6.20 Å². The molecule has 2 N–H and O–H groups in total. The number of halogens is 1. The lowest BCUT2D eigenvalue weighted by Crippen LogP contribution is -2.39. The molecule has 7 nitrogen and oxygen atoms in total. The molecule has 0 bridgehead atoms. The predicted molar refractivity (Wildman–Crippen MR) is 91.1 cm³/mol. The average Bonchev–Trinajstić information content (AvgIpc) is 3.02. The van der Waals surface area contributed by atoms with Crippen molar-refractivity contribution in [1.29, 1.82) is 0 Å². The molecule has 25 heavy (non-hydrogen) atoms. The fourth-order valence-electron chi connectivity index (χ4n) is 2.69. The van der Waals surface area contributed by atoms with Gasteiger partial charge in [-0.25, -0.2) is 4.98 Å². The van der Waals surface area contributed by atoms with Crippen LogP contribution in [0.3, 0.4) is 0 Å². The Bertz CT molecular complexity index is 773. The second-order valence-corrected chi connectivity index (χ2v) is 6.24. The summed E-state index contributed by atoms with van der Waals surface area (Å²) in [6.07, 6.45) is 1.40. The molecule has 0 fully saturated rings. The number of carbonyl (C=O) groups excluding carboxylic acids is 1. The van der Waals surface area contributed by atoms with Crippen LogP contribution in [-0.4, -0.2) is 39.2 Å². The molecule has 0 spiro atoms. The Hall–Kier alpha value is -2.38. The van der Waals surface area contributed by atoms with Crippen LogP contribution in [0.4, 0.5) is 0 Å². The summed E-state index contributed by atoms with van der Waals surface area (Å²) < 4.78 is 7.78. The number of carboxylic acid groups (broad SMARTS) is 1. The summed E-state index contributed by atoms with van der Waals surface area (Å²) in [6, 6.07) is 7.53. The van der Waals surface area contributed by atoms with E-state index in [0.717, 1.165) is 17.1 Å². The van der Waals surface area contributed by atoms with Gasteiger partial charge in [-0.05, 0) is 17.7 Å². The van der Waals surface area contributed by atoms with Crippen molar-refractivity contribution in [3.8, 4) is 11.3 Å². The minimum Gasteiger partial charge on any atom is -0.481 e. The number of aromatic nitrogens is 2. The molecule has 1 aromatic carbocycles. The Kier molecular flexibility index (Phi) is 5.35. The normalized spacial score (nSPS) is 16.3. The zero-order valence-electron chi connectivity index (χ0n) is 13.4. The third-order valence-electron chi connectivity index (χ3n) is 4.01. The summed E-state index contributed by atoms with van der Waals surface area (Å²) in [4.78, 5) is 26.5. The van der Waals surface area contributed by atoms with Crippen molar-refractivity contribution in [2.75, 3.05) is 6.54 Å². The van der Waals surface area contributed by atoms with Crippen LogP contribution < -0.4 is 5.32 Å². The summed E-state index contributed by atoms with van der Waals surface area (Å²) in [5.41, 5.74) is 1.98. The van der Waals surface area contributed by atoms with E-state index in [-0.39, 0.29) is 24.9 Å². The van der Waals surface area contributed by atoms with Crippen molar-refractivity contribution in [1.82, 2.24) is 14.9 Å². The number of rotatable bonds is 6. The molecule has 2 heterocycles. The van der Waals surface area contributed by atoms with Crippen LogP contribution in [0.15, 0.2) is 30.5 Å². The molecular formula is C17H18ClN3O4. The van der Waals surface area contributed by atoms with Crippen molar-refractivity contribution in [3.05, 3.63) is 41.3 Å². The summed E-state index contributed by atoms with van der Waals surface area (Å²) in [5, 5.41) is 12.0. The van der Waals surface area contributed by atoms with Crippen LogP contribution in [0.5, 0.6) is 0 Å². The highest BCUT2D eigenvalue weighted by molar-refractivity contribution is 6.30. The average molecular weight is 364 g/mol. The van der Waals surface area contributed by atoms with Crippen LogP contribution >= 0.6 is 11.6 Å². The largest absolute Gasteiger partial charge is 0.481 e. The van der Waals surface area contributed by atoms with Gasteiger partial charge in [-0.15, -0.1) is 0 Å². The van der Waals surface area contributed by atoms with Gasteiger partial charge in [0.25, 0.3) is 0 Å². The van der Waals surface area contributed by atoms with E-state index in [1.165, 1.54) is 0 Å². The number of aliphatic carboxylic acids is 1. The maximum absolute atomic E-state index is 11.6. The molecule has 3 rings (SSSR count). The van der Waals surface area contributed by atoms with E-state index in [4.69, 9.17) is 21.4 Å². The van der Waals surface area contributed by atoms with Gasteiger partial charge in [-0.1, -0.05) is 23.7 Å². The third-order valence-corrected chi connectivity index (χ3v) is 4.26. The number of nitrogens with one attached hydrogen (secondary N) is 1. The number of hydrogen-bond donors (Lipinski definition) is 2. The van der Waals surface area contributed by atoms with E-state index in [9.17, 15) is 9.59 Å². The number of imidazole rings is 1. The van der Waals surface area contributed by atoms with E-state index < -0.39 is 5.97 Å². The molecule has 8 heteroatoms. The zero-order valence-corrected chi connectivity index (χ0v) is 14.2. The topological polar surface area (TPSA) is 93.4 Å². The summed E-state index contributed by atoms with van der Waals surface area (Å²) in [7, 11) is 0. The maximum Gasteiger partial charge on any atom is 0.303 e. The van der Waals surface area contributed by atoms with E-state index >= 15 is 0 Å². The maximum atomic E-state index is 11.6. The van der Waals surface area contributed by atoms with Gasteiger partial charge >= 0.3 is 5.97 Å². The zero-order chi connectivity index (χ0) is 17.8. The first-order chi connectivity index (χ1) is 12.0. The molecule has 1 aliphatic rings.